The number of rotatable bonds is 0. The molecule has 47 valence electrons. The van der Waals surface area contributed by atoms with Gasteiger partial charge in [0.05, 0.1) is 0 Å². The molecule has 1 radical (unpaired) electrons. The summed E-state index contributed by atoms with van der Waals surface area (Å²) >= 11 is 0. The van der Waals surface area contributed by atoms with E-state index >= 15 is 0 Å². The summed E-state index contributed by atoms with van der Waals surface area (Å²) < 4.78 is 0. The Kier molecular flexibility index (Phi) is 732. The topological polar surface area (TPSA) is 0 Å². The molecule has 0 saturated heterocycles. The Balaban J connectivity index is 0. The monoisotopic (exact) mass is 385 g/mol. The third-order valence-electron chi connectivity index (χ3n) is 0. The van der Waals surface area contributed by atoms with Crippen molar-refractivity contribution in [2.45, 2.75) is 0 Å². The van der Waals surface area contributed by atoms with E-state index in [-0.39, 0.29) is 115 Å². The average molecular weight is 387 g/mol. The van der Waals surface area contributed by atoms with Gasteiger partial charge in [0.1, 0.15) is 0 Å². The molecule has 0 bridgehead atoms. The smallest absolute Gasteiger partial charge is 1.00 e. The molecule has 0 spiro atoms. The van der Waals surface area contributed by atoms with Crippen LogP contribution in [0.1, 0.15) is 1.43 Å². The van der Waals surface area contributed by atoms with Crippen molar-refractivity contribution in [3.8, 4) is 0 Å². The molecule has 0 aromatic carbocycles. The standard InChI is InChI=1S/5ClH.Na.Ta.H/h5*1H;;;/q;;;;;+1;;-1. The summed E-state index contributed by atoms with van der Waals surface area (Å²) in [6.45, 7) is 0. The van der Waals surface area contributed by atoms with Crippen LogP contribution in [-0.4, -0.2) is 0 Å². The van der Waals surface area contributed by atoms with Crippen LogP contribution in [0.25, 0.3) is 0 Å². The first-order valence-corrected chi connectivity index (χ1v) is 0. The molecule has 7 heavy (non-hydrogen) atoms. The third-order valence-corrected chi connectivity index (χ3v) is 0. The molecule has 0 rings (SSSR count). The van der Waals surface area contributed by atoms with Crippen molar-refractivity contribution in [2.75, 3.05) is 0 Å². The zero-order valence-corrected chi connectivity index (χ0v) is 12.8. The van der Waals surface area contributed by atoms with Gasteiger partial charge in [0.15, 0.2) is 0 Å². The van der Waals surface area contributed by atoms with Crippen LogP contribution in [0.5, 0.6) is 0 Å². The van der Waals surface area contributed by atoms with Gasteiger partial charge in [-0.05, 0) is 0 Å². The maximum Gasteiger partial charge on any atom is 1.00 e. The second kappa shape index (κ2) is 60.6. The van der Waals surface area contributed by atoms with Gasteiger partial charge >= 0.3 is 29.6 Å². The van der Waals surface area contributed by atoms with Gasteiger partial charge < -0.3 is 1.43 Å². The Labute approximate surface area is 114 Å². The normalized spacial score (nSPS) is 0. The molecule has 0 nitrogen and oxygen atoms in total. The molecule has 0 aliphatic carbocycles. The van der Waals surface area contributed by atoms with E-state index in [1.54, 1.807) is 0 Å². The van der Waals surface area contributed by atoms with Gasteiger partial charge in [0, 0.05) is 22.4 Å². The number of halogens is 5. The van der Waals surface area contributed by atoms with E-state index in [1.165, 1.54) is 0 Å². The molecule has 0 aliphatic rings. The molecular formula is H6Cl5NaTa. The Morgan fingerprint density at radius 2 is 0.571 bits per heavy atom. The average Bonchev–Trinajstić information content (AvgIpc) is 0. The van der Waals surface area contributed by atoms with Crippen LogP contribution in [-0.2, 0) is 22.4 Å². The summed E-state index contributed by atoms with van der Waals surface area (Å²) in [6, 6.07) is 0. The third kappa shape index (κ3) is 46.7. The van der Waals surface area contributed by atoms with Crippen molar-refractivity contribution in [3.05, 3.63) is 0 Å². The quantitative estimate of drug-likeness (QED) is 0.479. The van der Waals surface area contributed by atoms with E-state index in [4.69, 9.17) is 0 Å². The van der Waals surface area contributed by atoms with Crippen LogP contribution in [0.3, 0.4) is 0 Å². The molecule has 0 heterocycles. The molecule has 0 N–H and O–H groups in total. The van der Waals surface area contributed by atoms with Crippen molar-refractivity contribution in [1.29, 1.82) is 0 Å². The molecule has 0 fully saturated rings. The van der Waals surface area contributed by atoms with Gasteiger partial charge in [-0.1, -0.05) is 0 Å². The van der Waals surface area contributed by atoms with Crippen molar-refractivity contribution in [1.82, 2.24) is 0 Å². The van der Waals surface area contributed by atoms with Crippen LogP contribution in [0.15, 0.2) is 0 Å². The second-order valence-electron chi connectivity index (χ2n) is 0. The fourth-order valence-corrected chi connectivity index (χ4v) is 0. The maximum atomic E-state index is 0. The summed E-state index contributed by atoms with van der Waals surface area (Å²) in [5, 5.41) is 0. The van der Waals surface area contributed by atoms with Crippen LogP contribution in [0.2, 0.25) is 0 Å². The van der Waals surface area contributed by atoms with E-state index in [1.807, 2.05) is 0 Å². The predicted octanol–water partition coefficient (Wildman–Crippen LogP) is -0.777. The molecule has 0 saturated carbocycles. The van der Waals surface area contributed by atoms with Crippen LogP contribution in [0.4, 0.5) is 0 Å². The zero-order chi connectivity index (χ0) is 0. The Morgan fingerprint density at radius 1 is 0.571 bits per heavy atom. The minimum absolute atomic E-state index is 0. The zero-order valence-electron chi connectivity index (χ0n) is 4.49. The van der Waals surface area contributed by atoms with Gasteiger partial charge in [-0.15, -0.1) is 62.0 Å². The predicted molar refractivity (Wildman–Crippen MR) is 37.4 cm³/mol. The van der Waals surface area contributed by atoms with Crippen molar-refractivity contribution >= 4 is 62.0 Å². The van der Waals surface area contributed by atoms with Crippen molar-refractivity contribution in [2.24, 2.45) is 0 Å². The second-order valence-corrected chi connectivity index (χ2v) is 0. The van der Waals surface area contributed by atoms with Gasteiger partial charge in [-0.25, -0.2) is 0 Å². The van der Waals surface area contributed by atoms with E-state index in [9.17, 15) is 0 Å². The Bertz CT molecular complexity index is 12.4. The largest absolute Gasteiger partial charge is 1.00 e. The van der Waals surface area contributed by atoms with Crippen LogP contribution in [0, 0.1) is 0 Å². The fourth-order valence-electron chi connectivity index (χ4n) is 0. The number of hydrogen-bond donors (Lipinski definition) is 0. The Morgan fingerprint density at radius 3 is 0.571 bits per heavy atom. The van der Waals surface area contributed by atoms with Gasteiger partial charge in [-0.2, -0.15) is 0 Å². The molecule has 0 aromatic heterocycles. The first-order chi connectivity index (χ1) is 0. The minimum atomic E-state index is 0. The fraction of sp³-hybridized carbons (Fsp3) is 0. The molecule has 0 aliphatic heterocycles. The molecule has 0 unspecified atom stereocenters. The van der Waals surface area contributed by atoms with Crippen LogP contribution >= 0.6 is 62.0 Å². The molecule has 0 amide bonds. The van der Waals surface area contributed by atoms with E-state index in [0.29, 0.717) is 0 Å². The summed E-state index contributed by atoms with van der Waals surface area (Å²) in [7, 11) is 0. The van der Waals surface area contributed by atoms with Crippen LogP contribution < -0.4 is 29.6 Å². The van der Waals surface area contributed by atoms with Crippen molar-refractivity contribution in [3.63, 3.8) is 0 Å². The van der Waals surface area contributed by atoms with E-state index < -0.39 is 0 Å². The molecule has 0 aromatic rings. The van der Waals surface area contributed by atoms with E-state index in [0.717, 1.165) is 0 Å². The van der Waals surface area contributed by atoms with Crippen molar-refractivity contribution < 1.29 is 53.4 Å². The SMILES string of the molecule is Cl.Cl.Cl.Cl.Cl.[H-].[Na+].[Ta]. The van der Waals surface area contributed by atoms with Gasteiger partial charge in [-0.3, -0.25) is 0 Å². The molecular weight excluding hydrogens is 381 g/mol. The first-order valence-electron chi connectivity index (χ1n) is 0. The van der Waals surface area contributed by atoms with Gasteiger partial charge in [0.2, 0.25) is 0 Å². The van der Waals surface area contributed by atoms with E-state index in [2.05, 4.69) is 0 Å². The summed E-state index contributed by atoms with van der Waals surface area (Å²) in [4.78, 5) is 0. The Hall–Kier alpha value is 3.19. The molecule has 7 heteroatoms. The molecule has 0 atom stereocenters. The van der Waals surface area contributed by atoms with Gasteiger partial charge in [0.25, 0.3) is 0 Å². The summed E-state index contributed by atoms with van der Waals surface area (Å²) in [5.41, 5.74) is 0. The maximum absolute atomic E-state index is 0. The summed E-state index contributed by atoms with van der Waals surface area (Å²) in [6.07, 6.45) is 0. The first kappa shape index (κ1) is 84.6. The minimum Gasteiger partial charge on any atom is -1.00 e. The summed E-state index contributed by atoms with van der Waals surface area (Å²) in [5.74, 6) is 0. The number of hydrogen-bond acceptors (Lipinski definition) is 0.